The fourth-order valence-electron chi connectivity index (χ4n) is 2.14. The third-order valence-electron chi connectivity index (χ3n) is 2.90. The summed E-state index contributed by atoms with van der Waals surface area (Å²) < 4.78 is 0.761. The summed E-state index contributed by atoms with van der Waals surface area (Å²) in [6.45, 7) is 1.74. The minimum atomic E-state index is 0.761. The van der Waals surface area contributed by atoms with Gasteiger partial charge >= 0.3 is 0 Å². The van der Waals surface area contributed by atoms with E-state index in [9.17, 15) is 0 Å². The smallest absolute Gasteiger partial charge is 0.113 e. The molecule has 1 N–H and O–H groups in total. The second-order valence-electron chi connectivity index (χ2n) is 4.18. The molecule has 0 saturated heterocycles. The molecule has 0 aliphatic heterocycles. The molecule has 90 valence electrons. The predicted octanol–water partition coefficient (Wildman–Crippen LogP) is 3.64. The Bertz CT molecular complexity index is 497. The molecule has 3 rings (SSSR count). The molecule has 2 heterocycles. The van der Waals surface area contributed by atoms with Crippen molar-refractivity contribution in [2.45, 2.75) is 32.4 Å². The van der Waals surface area contributed by atoms with Gasteiger partial charge in [-0.25, -0.2) is 4.98 Å². The van der Waals surface area contributed by atoms with Crippen molar-refractivity contribution in [3.8, 4) is 0 Å². The van der Waals surface area contributed by atoms with Gasteiger partial charge in [-0.3, -0.25) is 0 Å². The molecule has 0 bridgehead atoms. The molecule has 0 amide bonds. The molecule has 0 radical (unpaired) electrons. The lowest BCUT2D eigenvalue weighted by Crippen LogP contribution is -2.11. The fourth-order valence-corrected chi connectivity index (χ4v) is 4.30. The van der Waals surface area contributed by atoms with Gasteiger partial charge in [0.2, 0.25) is 0 Å². The Labute approximate surface area is 114 Å². The third kappa shape index (κ3) is 2.71. The van der Waals surface area contributed by atoms with Crippen LogP contribution < -0.4 is 5.32 Å². The molecule has 0 atom stereocenters. The zero-order chi connectivity index (χ0) is 11.7. The third-order valence-corrected chi connectivity index (χ3v) is 5.25. The van der Waals surface area contributed by atoms with E-state index in [0.717, 1.165) is 22.4 Å². The van der Waals surface area contributed by atoms with Crippen LogP contribution in [0.4, 0.5) is 0 Å². The normalized spacial score (nSPS) is 14.2. The Kier molecular flexibility index (Phi) is 3.47. The maximum absolute atomic E-state index is 5.84. The molecule has 2 nitrogen and oxygen atoms in total. The van der Waals surface area contributed by atoms with Gasteiger partial charge in [0, 0.05) is 22.8 Å². The van der Waals surface area contributed by atoms with Crippen molar-refractivity contribution in [1.29, 1.82) is 0 Å². The van der Waals surface area contributed by atoms with Gasteiger partial charge in [-0.05, 0) is 30.9 Å². The molecule has 2 aromatic rings. The van der Waals surface area contributed by atoms with Crippen LogP contribution in [-0.4, -0.2) is 4.98 Å². The van der Waals surface area contributed by atoms with Gasteiger partial charge in [0.15, 0.2) is 0 Å². The van der Waals surface area contributed by atoms with Gasteiger partial charge in [-0.15, -0.1) is 22.7 Å². The number of hydrogen-bond acceptors (Lipinski definition) is 4. The highest BCUT2D eigenvalue weighted by molar-refractivity contribution is 7.15. The first-order valence-corrected chi connectivity index (χ1v) is 7.74. The zero-order valence-corrected chi connectivity index (χ0v) is 11.7. The number of rotatable bonds is 4. The minimum absolute atomic E-state index is 0.761. The van der Waals surface area contributed by atoms with E-state index in [1.54, 1.807) is 28.0 Å². The van der Waals surface area contributed by atoms with E-state index in [-0.39, 0.29) is 0 Å². The van der Waals surface area contributed by atoms with E-state index in [2.05, 4.69) is 16.4 Å². The van der Waals surface area contributed by atoms with Crippen molar-refractivity contribution in [3.05, 3.63) is 36.9 Å². The lowest BCUT2D eigenvalue weighted by atomic mass is 10.2. The van der Waals surface area contributed by atoms with E-state index < -0.39 is 0 Å². The Hall–Kier alpha value is -0.420. The Morgan fingerprint density at radius 2 is 2.24 bits per heavy atom. The highest BCUT2D eigenvalue weighted by atomic mass is 35.5. The Morgan fingerprint density at radius 3 is 3.00 bits per heavy atom. The number of hydrogen-bond donors (Lipinski definition) is 1. The average Bonchev–Trinajstić information content (AvgIpc) is 2.94. The van der Waals surface area contributed by atoms with Crippen LogP contribution in [0.1, 0.15) is 26.7 Å². The number of fused-ring (bicyclic) bond motifs is 1. The molecule has 0 fully saturated rings. The molecule has 0 saturated carbocycles. The summed E-state index contributed by atoms with van der Waals surface area (Å²) in [4.78, 5) is 7.26. The highest BCUT2D eigenvalue weighted by Gasteiger charge is 2.14. The van der Waals surface area contributed by atoms with Crippen LogP contribution in [0.3, 0.4) is 0 Å². The van der Waals surface area contributed by atoms with Crippen molar-refractivity contribution >= 4 is 34.3 Å². The maximum Gasteiger partial charge on any atom is 0.113 e. The second-order valence-corrected chi connectivity index (χ2v) is 7.14. The van der Waals surface area contributed by atoms with Crippen LogP contribution in [0.2, 0.25) is 4.34 Å². The van der Waals surface area contributed by atoms with E-state index in [1.165, 1.54) is 24.1 Å². The SMILES string of the molecule is Clc1cnc(CNCc2cc3c(s2)CCC3)s1. The summed E-state index contributed by atoms with van der Waals surface area (Å²) in [5.41, 5.74) is 1.57. The summed E-state index contributed by atoms with van der Waals surface area (Å²) in [6, 6.07) is 2.36. The highest BCUT2D eigenvalue weighted by Crippen LogP contribution is 2.30. The quantitative estimate of drug-likeness (QED) is 0.927. The molecule has 1 aliphatic rings. The van der Waals surface area contributed by atoms with Crippen molar-refractivity contribution in [1.82, 2.24) is 10.3 Å². The van der Waals surface area contributed by atoms with Gasteiger partial charge < -0.3 is 5.32 Å². The van der Waals surface area contributed by atoms with Crippen molar-refractivity contribution in [3.63, 3.8) is 0 Å². The van der Waals surface area contributed by atoms with Crippen molar-refractivity contribution < 1.29 is 0 Å². The van der Waals surface area contributed by atoms with Gasteiger partial charge in [0.25, 0.3) is 0 Å². The van der Waals surface area contributed by atoms with E-state index >= 15 is 0 Å². The van der Waals surface area contributed by atoms with Crippen LogP contribution in [0, 0.1) is 0 Å². The molecule has 0 aromatic carbocycles. The summed E-state index contributed by atoms with van der Waals surface area (Å²) in [5.74, 6) is 0. The number of halogens is 1. The minimum Gasteiger partial charge on any atom is -0.306 e. The van der Waals surface area contributed by atoms with E-state index in [4.69, 9.17) is 11.6 Å². The fraction of sp³-hybridized carbons (Fsp3) is 0.417. The average molecular weight is 285 g/mol. The van der Waals surface area contributed by atoms with Crippen molar-refractivity contribution in [2.24, 2.45) is 0 Å². The number of thiophene rings is 1. The molecule has 1 aliphatic carbocycles. The number of aryl methyl sites for hydroxylation is 2. The first-order valence-electron chi connectivity index (χ1n) is 5.72. The van der Waals surface area contributed by atoms with Crippen LogP contribution in [0.15, 0.2) is 12.3 Å². The number of thiazole rings is 1. The van der Waals surface area contributed by atoms with Crippen LogP contribution in [0.25, 0.3) is 0 Å². The summed E-state index contributed by atoms with van der Waals surface area (Å²) in [7, 11) is 0. The molecule has 2 aromatic heterocycles. The topological polar surface area (TPSA) is 24.9 Å². The number of aromatic nitrogens is 1. The second kappa shape index (κ2) is 5.06. The molecular formula is C12H13ClN2S2. The van der Waals surface area contributed by atoms with Crippen LogP contribution >= 0.6 is 34.3 Å². The van der Waals surface area contributed by atoms with Gasteiger partial charge in [0.1, 0.15) is 9.34 Å². The lowest BCUT2D eigenvalue weighted by molar-refractivity contribution is 0.697. The van der Waals surface area contributed by atoms with Gasteiger partial charge in [0.05, 0.1) is 6.20 Å². The molecule has 0 unspecified atom stereocenters. The first kappa shape index (κ1) is 11.7. The van der Waals surface area contributed by atoms with Crippen LogP contribution in [0.5, 0.6) is 0 Å². The number of nitrogens with one attached hydrogen (secondary N) is 1. The molecular weight excluding hydrogens is 272 g/mol. The molecule has 17 heavy (non-hydrogen) atoms. The Balaban J connectivity index is 1.54. The molecule has 0 spiro atoms. The first-order chi connectivity index (χ1) is 8.31. The van der Waals surface area contributed by atoms with E-state index in [1.807, 2.05) is 11.3 Å². The Morgan fingerprint density at radius 1 is 1.29 bits per heavy atom. The lowest BCUT2D eigenvalue weighted by Gasteiger charge is -1.99. The summed E-state index contributed by atoms with van der Waals surface area (Å²) in [5, 5.41) is 4.47. The van der Waals surface area contributed by atoms with Gasteiger partial charge in [-0.2, -0.15) is 0 Å². The maximum atomic E-state index is 5.84. The summed E-state index contributed by atoms with van der Waals surface area (Å²) in [6.07, 6.45) is 5.60. The van der Waals surface area contributed by atoms with Crippen molar-refractivity contribution in [2.75, 3.05) is 0 Å². The number of nitrogens with zero attached hydrogens (tertiary/aromatic N) is 1. The largest absolute Gasteiger partial charge is 0.306 e. The predicted molar refractivity (Wildman–Crippen MR) is 74.0 cm³/mol. The van der Waals surface area contributed by atoms with Gasteiger partial charge in [-0.1, -0.05) is 11.6 Å². The summed E-state index contributed by atoms with van der Waals surface area (Å²) >= 11 is 9.34. The van der Waals surface area contributed by atoms with E-state index in [0.29, 0.717) is 0 Å². The standard InChI is InChI=1S/C12H13ClN2S2/c13-11-6-15-12(17-11)7-14-5-9-4-8-2-1-3-10(8)16-9/h4,6,14H,1-3,5,7H2. The van der Waals surface area contributed by atoms with Crippen LogP contribution in [-0.2, 0) is 25.9 Å². The zero-order valence-electron chi connectivity index (χ0n) is 9.33. The monoisotopic (exact) mass is 284 g/mol. The molecule has 5 heteroatoms.